The maximum atomic E-state index is 13.0. The molecule has 1 atom stereocenters. The second kappa shape index (κ2) is 7.11. The topological polar surface area (TPSA) is 57.7 Å². The van der Waals surface area contributed by atoms with E-state index in [0.29, 0.717) is 18.2 Å². The molecule has 0 N–H and O–H groups in total. The average molecular weight is 372 g/mol. The molecule has 0 radical (unpaired) electrons. The number of hydrogen-bond acceptors (Lipinski definition) is 3. The molecular weight excluding hydrogens is 348 g/mol. The van der Waals surface area contributed by atoms with Crippen LogP contribution in [0.2, 0.25) is 0 Å². The maximum absolute atomic E-state index is 13.0. The summed E-state index contributed by atoms with van der Waals surface area (Å²) in [6, 6.07) is 15.1. The minimum Gasteiger partial charge on any atom is -0.311 e. The van der Waals surface area contributed by atoms with Crippen molar-refractivity contribution in [1.29, 1.82) is 0 Å². The summed E-state index contributed by atoms with van der Waals surface area (Å²) in [5, 5.41) is 0. The lowest BCUT2D eigenvalue weighted by Crippen LogP contribution is -2.45. The van der Waals surface area contributed by atoms with Crippen LogP contribution in [-0.2, 0) is 14.8 Å². The minimum absolute atomic E-state index is 0.202. The molecule has 2 aromatic rings. The van der Waals surface area contributed by atoms with E-state index in [-0.39, 0.29) is 12.5 Å². The van der Waals surface area contributed by atoms with E-state index in [1.54, 1.807) is 17.0 Å². The number of rotatable bonds is 4. The molecule has 3 rings (SSSR count). The Kier molecular flexibility index (Phi) is 5.05. The molecule has 1 heterocycles. The van der Waals surface area contributed by atoms with Gasteiger partial charge < -0.3 is 4.90 Å². The zero-order valence-electron chi connectivity index (χ0n) is 15.3. The van der Waals surface area contributed by atoms with Gasteiger partial charge in [0.1, 0.15) is 6.54 Å². The van der Waals surface area contributed by atoms with Crippen molar-refractivity contribution < 1.29 is 13.2 Å². The van der Waals surface area contributed by atoms with E-state index in [9.17, 15) is 13.2 Å². The van der Waals surface area contributed by atoms with Gasteiger partial charge in [0.15, 0.2) is 0 Å². The molecule has 0 bridgehead atoms. The van der Waals surface area contributed by atoms with E-state index in [1.165, 1.54) is 4.31 Å². The number of carbonyl (C=O) groups excluding carboxylic acids is 1. The minimum atomic E-state index is -3.58. The average Bonchev–Trinajstić information content (AvgIpc) is 2.60. The summed E-state index contributed by atoms with van der Waals surface area (Å²) in [5.74, 6) is 0.177. The first-order chi connectivity index (χ1) is 12.3. The number of fused-ring (bicyclic) bond motifs is 1. The molecule has 6 heteroatoms. The zero-order chi connectivity index (χ0) is 18.9. The van der Waals surface area contributed by atoms with E-state index in [2.05, 4.69) is 6.92 Å². The molecule has 0 aliphatic carbocycles. The molecule has 138 valence electrons. The molecule has 0 fully saturated rings. The first-order valence-electron chi connectivity index (χ1n) is 8.71. The lowest BCUT2D eigenvalue weighted by molar-refractivity contribution is -0.117. The monoisotopic (exact) mass is 372 g/mol. The van der Waals surface area contributed by atoms with Gasteiger partial charge in [-0.15, -0.1) is 0 Å². The van der Waals surface area contributed by atoms with E-state index >= 15 is 0 Å². The van der Waals surface area contributed by atoms with Crippen LogP contribution in [0.1, 0.15) is 30.4 Å². The van der Waals surface area contributed by atoms with Crippen LogP contribution < -0.4 is 9.21 Å². The Labute approximate surface area is 155 Å². The van der Waals surface area contributed by atoms with Crippen molar-refractivity contribution in [2.75, 3.05) is 28.6 Å². The summed E-state index contributed by atoms with van der Waals surface area (Å²) in [4.78, 5) is 14.7. The van der Waals surface area contributed by atoms with Crippen LogP contribution in [-0.4, -0.2) is 33.7 Å². The van der Waals surface area contributed by atoms with Gasteiger partial charge in [-0.05, 0) is 42.5 Å². The highest BCUT2D eigenvalue weighted by atomic mass is 32.2. The summed E-state index contributed by atoms with van der Waals surface area (Å²) in [6.45, 7) is 4.39. The Balaban J connectivity index is 1.93. The molecule has 1 aliphatic heterocycles. The van der Waals surface area contributed by atoms with Crippen molar-refractivity contribution in [3.63, 3.8) is 0 Å². The fourth-order valence-corrected chi connectivity index (χ4v) is 4.35. The predicted octanol–water partition coefficient (Wildman–Crippen LogP) is 3.30. The van der Waals surface area contributed by atoms with E-state index in [0.717, 1.165) is 29.5 Å². The number of nitrogens with zero attached hydrogens (tertiary/aromatic N) is 2. The summed E-state index contributed by atoms with van der Waals surface area (Å²) in [7, 11) is -3.58. The smallest absolute Gasteiger partial charge is 0.247 e. The molecule has 0 saturated heterocycles. The van der Waals surface area contributed by atoms with Gasteiger partial charge >= 0.3 is 0 Å². The second-order valence-electron chi connectivity index (χ2n) is 6.85. The zero-order valence-corrected chi connectivity index (χ0v) is 16.2. The van der Waals surface area contributed by atoms with E-state index < -0.39 is 10.0 Å². The van der Waals surface area contributed by atoms with Crippen LogP contribution in [0.5, 0.6) is 0 Å². The van der Waals surface area contributed by atoms with Crippen molar-refractivity contribution in [2.45, 2.75) is 26.2 Å². The van der Waals surface area contributed by atoms with Gasteiger partial charge in [-0.1, -0.05) is 43.3 Å². The fraction of sp³-hybridized carbons (Fsp3) is 0.350. The predicted molar refractivity (Wildman–Crippen MR) is 105 cm³/mol. The third-order valence-corrected chi connectivity index (χ3v) is 6.04. The number of carbonyl (C=O) groups is 1. The van der Waals surface area contributed by atoms with E-state index in [1.807, 2.05) is 43.3 Å². The number of benzene rings is 2. The Hall–Kier alpha value is -2.34. The Bertz CT molecular complexity index is 924. The van der Waals surface area contributed by atoms with Gasteiger partial charge in [-0.2, -0.15) is 0 Å². The first-order valence-corrected chi connectivity index (χ1v) is 10.6. The van der Waals surface area contributed by atoms with Crippen LogP contribution in [0.25, 0.3) is 0 Å². The molecule has 0 aromatic heterocycles. The highest BCUT2D eigenvalue weighted by Gasteiger charge is 2.29. The van der Waals surface area contributed by atoms with Crippen molar-refractivity contribution in [3.05, 3.63) is 59.7 Å². The Morgan fingerprint density at radius 3 is 2.50 bits per heavy atom. The lowest BCUT2D eigenvalue weighted by atomic mass is 9.91. The maximum Gasteiger partial charge on any atom is 0.247 e. The summed E-state index contributed by atoms with van der Waals surface area (Å²) < 4.78 is 25.9. The highest BCUT2D eigenvalue weighted by molar-refractivity contribution is 7.92. The number of hydrogen-bond donors (Lipinski definition) is 0. The van der Waals surface area contributed by atoms with Crippen molar-refractivity contribution in [2.24, 2.45) is 0 Å². The van der Waals surface area contributed by atoms with Gasteiger partial charge in [-0.25, -0.2) is 8.42 Å². The normalized spacial score (nSPS) is 16.9. The van der Waals surface area contributed by atoms with Gasteiger partial charge in [-0.3, -0.25) is 9.10 Å². The number of sulfonamides is 1. The SMILES string of the molecule is Cc1ccccc1N(CC(=O)N1CCC(C)c2ccccc21)S(C)(=O)=O. The molecule has 0 spiro atoms. The highest BCUT2D eigenvalue weighted by Crippen LogP contribution is 2.35. The second-order valence-corrected chi connectivity index (χ2v) is 8.76. The van der Waals surface area contributed by atoms with Gasteiger partial charge in [0.25, 0.3) is 0 Å². The third kappa shape index (κ3) is 3.60. The fourth-order valence-electron chi connectivity index (χ4n) is 3.44. The number of amides is 1. The Morgan fingerprint density at radius 2 is 1.81 bits per heavy atom. The molecule has 0 saturated carbocycles. The van der Waals surface area contributed by atoms with E-state index in [4.69, 9.17) is 0 Å². The van der Waals surface area contributed by atoms with Crippen molar-refractivity contribution >= 4 is 27.3 Å². The first kappa shape index (κ1) is 18.5. The number of aryl methyl sites for hydroxylation is 1. The van der Waals surface area contributed by atoms with Crippen LogP contribution >= 0.6 is 0 Å². The van der Waals surface area contributed by atoms with Crippen molar-refractivity contribution in [1.82, 2.24) is 0 Å². The third-order valence-electron chi connectivity index (χ3n) is 4.91. The number of anilines is 2. The van der Waals surface area contributed by atoms with Crippen LogP contribution in [0.3, 0.4) is 0 Å². The van der Waals surface area contributed by atoms with Crippen LogP contribution in [0.4, 0.5) is 11.4 Å². The van der Waals surface area contributed by atoms with Gasteiger partial charge in [0.2, 0.25) is 15.9 Å². The van der Waals surface area contributed by atoms with Crippen molar-refractivity contribution in [3.8, 4) is 0 Å². The molecule has 1 unspecified atom stereocenters. The summed E-state index contributed by atoms with van der Waals surface area (Å²) in [5.41, 5.74) is 3.38. The van der Waals surface area contributed by atoms with Crippen LogP contribution in [0.15, 0.2) is 48.5 Å². The summed E-state index contributed by atoms with van der Waals surface area (Å²) in [6.07, 6.45) is 2.00. The standard InChI is InChI=1S/C20H24N2O3S/c1-15-12-13-21(19-11-7-5-9-17(15)19)20(23)14-22(26(3,24)25)18-10-6-4-8-16(18)2/h4-11,15H,12-14H2,1-3H3. The molecule has 5 nitrogen and oxygen atoms in total. The molecule has 1 amide bonds. The van der Waals surface area contributed by atoms with Gasteiger partial charge in [0, 0.05) is 12.2 Å². The van der Waals surface area contributed by atoms with Crippen LogP contribution in [0, 0.1) is 6.92 Å². The molecule has 1 aliphatic rings. The number of para-hydroxylation sites is 2. The molecule has 26 heavy (non-hydrogen) atoms. The Morgan fingerprint density at radius 1 is 1.15 bits per heavy atom. The molecular formula is C20H24N2O3S. The van der Waals surface area contributed by atoms with Gasteiger partial charge in [0.05, 0.1) is 11.9 Å². The largest absolute Gasteiger partial charge is 0.311 e. The molecule has 2 aromatic carbocycles. The summed E-state index contributed by atoms with van der Waals surface area (Å²) >= 11 is 0. The lowest BCUT2D eigenvalue weighted by Gasteiger charge is -2.34. The quantitative estimate of drug-likeness (QED) is 0.827.